The van der Waals surface area contributed by atoms with Crippen molar-refractivity contribution in [3.63, 3.8) is 0 Å². The van der Waals surface area contributed by atoms with Crippen molar-refractivity contribution < 1.29 is 4.74 Å². The van der Waals surface area contributed by atoms with Gasteiger partial charge >= 0.3 is 0 Å². The molecular formula is C19H34N4O. The Hall–Kier alpha value is -1.62. The lowest BCUT2D eigenvalue weighted by atomic mass is 10.0. The van der Waals surface area contributed by atoms with Crippen LogP contribution in [0.25, 0.3) is 0 Å². The lowest BCUT2D eigenvalue weighted by molar-refractivity contribution is 0.0266. The van der Waals surface area contributed by atoms with E-state index >= 15 is 0 Å². The van der Waals surface area contributed by atoms with Crippen LogP contribution in [0.15, 0.2) is 23.5 Å². The van der Waals surface area contributed by atoms with Crippen LogP contribution in [0.3, 0.4) is 0 Å². The highest BCUT2D eigenvalue weighted by Gasteiger charge is 2.12. The van der Waals surface area contributed by atoms with Gasteiger partial charge in [0, 0.05) is 38.6 Å². The Balaban J connectivity index is 2.46. The Morgan fingerprint density at radius 3 is 2.71 bits per heavy atom. The van der Waals surface area contributed by atoms with E-state index in [9.17, 15) is 0 Å². The van der Waals surface area contributed by atoms with Gasteiger partial charge in [0.25, 0.3) is 0 Å². The molecule has 0 amide bonds. The van der Waals surface area contributed by atoms with Crippen LogP contribution < -0.4 is 10.6 Å². The first kappa shape index (κ1) is 20.4. The van der Waals surface area contributed by atoms with Gasteiger partial charge in [-0.15, -0.1) is 0 Å². The first-order valence-corrected chi connectivity index (χ1v) is 9.11. The molecule has 0 radical (unpaired) electrons. The van der Waals surface area contributed by atoms with Crippen molar-refractivity contribution in [2.75, 3.05) is 26.2 Å². The number of aryl methyl sites for hydroxylation is 1. The second kappa shape index (κ2) is 11.8. The highest BCUT2D eigenvalue weighted by atomic mass is 16.5. The number of rotatable bonds is 10. The van der Waals surface area contributed by atoms with Gasteiger partial charge in [0.15, 0.2) is 5.96 Å². The van der Waals surface area contributed by atoms with E-state index in [1.54, 1.807) is 0 Å². The number of hydrogen-bond acceptors (Lipinski definition) is 3. The highest BCUT2D eigenvalue weighted by molar-refractivity contribution is 5.79. The van der Waals surface area contributed by atoms with Gasteiger partial charge < -0.3 is 15.4 Å². The molecular weight excluding hydrogens is 300 g/mol. The summed E-state index contributed by atoms with van der Waals surface area (Å²) in [5, 5.41) is 6.71. The summed E-state index contributed by atoms with van der Waals surface area (Å²) in [6.07, 6.45) is 5.95. The molecule has 0 bridgehead atoms. The summed E-state index contributed by atoms with van der Waals surface area (Å²) in [7, 11) is 0. The Bertz CT molecular complexity index is 488. The van der Waals surface area contributed by atoms with Gasteiger partial charge in [-0.3, -0.25) is 9.98 Å². The molecule has 5 heteroatoms. The van der Waals surface area contributed by atoms with Crippen molar-refractivity contribution in [3.8, 4) is 0 Å². The van der Waals surface area contributed by atoms with Crippen LogP contribution in [0, 0.1) is 12.8 Å². The summed E-state index contributed by atoms with van der Waals surface area (Å²) in [5.74, 6) is 1.40. The molecule has 5 nitrogen and oxygen atoms in total. The summed E-state index contributed by atoms with van der Waals surface area (Å²) in [6.45, 7) is 13.9. The molecule has 1 heterocycles. The predicted octanol–water partition coefficient (Wildman–Crippen LogP) is 2.94. The third kappa shape index (κ3) is 7.77. The van der Waals surface area contributed by atoms with E-state index in [0.717, 1.165) is 45.0 Å². The Labute approximate surface area is 147 Å². The number of aromatic nitrogens is 1. The summed E-state index contributed by atoms with van der Waals surface area (Å²) in [5.41, 5.74) is 2.56. The maximum absolute atomic E-state index is 5.78. The summed E-state index contributed by atoms with van der Waals surface area (Å²) in [6, 6.07) is 2.08. The van der Waals surface area contributed by atoms with Crippen molar-refractivity contribution in [1.29, 1.82) is 0 Å². The first-order valence-electron chi connectivity index (χ1n) is 9.11. The van der Waals surface area contributed by atoms with E-state index in [2.05, 4.69) is 54.4 Å². The van der Waals surface area contributed by atoms with Crippen molar-refractivity contribution in [2.24, 2.45) is 10.9 Å². The average molecular weight is 335 g/mol. The smallest absolute Gasteiger partial charge is 0.191 e. The van der Waals surface area contributed by atoms with Crippen molar-refractivity contribution >= 4 is 5.96 Å². The minimum absolute atomic E-state index is 0.279. The quantitative estimate of drug-likeness (QED) is 0.510. The third-order valence-electron chi connectivity index (χ3n) is 3.98. The van der Waals surface area contributed by atoms with Gasteiger partial charge in [0.1, 0.15) is 0 Å². The number of pyridine rings is 1. The van der Waals surface area contributed by atoms with E-state index < -0.39 is 0 Å². The predicted molar refractivity (Wildman–Crippen MR) is 102 cm³/mol. The Morgan fingerprint density at radius 2 is 2.08 bits per heavy atom. The molecule has 136 valence electrons. The summed E-state index contributed by atoms with van der Waals surface area (Å²) >= 11 is 0. The third-order valence-corrected chi connectivity index (χ3v) is 3.98. The Kier molecular flexibility index (Phi) is 10.1. The molecule has 1 rings (SSSR count). The lowest BCUT2D eigenvalue weighted by Crippen LogP contribution is -2.38. The zero-order valence-electron chi connectivity index (χ0n) is 15.9. The van der Waals surface area contributed by atoms with Crippen LogP contribution in [-0.2, 0) is 11.2 Å². The van der Waals surface area contributed by atoms with Crippen LogP contribution in [0.2, 0.25) is 0 Å². The molecule has 24 heavy (non-hydrogen) atoms. The zero-order chi connectivity index (χ0) is 17.8. The molecule has 0 aromatic carbocycles. The molecule has 1 aromatic rings. The van der Waals surface area contributed by atoms with E-state index in [0.29, 0.717) is 5.92 Å². The van der Waals surface area contributed by atoms with Gasteiger partial charge in [-0.05, 0) is 56.7 Å². The zero-order valence-corrected chi connectivity index (χ0v) is 15.9. The molecule has 0 aliphatic carbocycles. The van der Waals surface area contributed by atoms with Crippen molar-refractivity contribution in [2.45, 2.75) is 53.6 Å². The molecule has 0 saturated heterocycles. The second-order valence-corrected chi connectivity index (χ2v) is 6.27. The van der Waals surface area contributed by atoms with Gasteiger partial charge in [-0.25, -0.2) is 0 Å². The van der Waals surface area contributed by atoms with E-state index in [1.807, 2.05) is 19.3 Å². The fourth-order valence-electron chi connectivity index (χ4n) is 2.57. The fourth-order valence-corrected chi connectivity index (χ4v) is 2.57. The Morgan fingerprint density at radius 1 is 1.29 bits per heavy atom. The number of hydrogen-bond donors (Lipinski definition) is 2. The first-order chi connectivity index (χ1) is 11.6. The standard InChI is InChI=1S/C19H34N4O/c1-6-21-19(23-13-10-18(15(3)4)24-7-2)22-12-9-17-8-11-20-14-16(17)5/h8,11,14-15,18H,6-7,9-10,12-13H2,1-5H3,(H2,21,22,23). The molecule has 0 spiro atoms. The SMILES string of the molecule is CCNC(=NCCC(OCC)C(C)C)NCCc1ccncc1C. The van der Waals surface area contributed by atoms with E-state index in [1.165, 1.54) is 11.1 Å². The maximum Gasteiger partial charge on any atom is 0.191 e. The van der Waals surface area contributed by atoms with Crippen LogP contribution >= 0.6 is 0 Å². The maximum atomic E-state index is 5.78. The number of guanidine groups is 1. The van der Waals surface area contributed by atoms with Gasteiger partial charge in [0.2, 0.25) is 0 Å². The highest BCUT2D eigenvalue weighted by Crippen LogP contribution is 2.10. The molecule has 1 atom stereocenters. The van der Waals surface area contributed by atoms with Crippen LogP contribution in [0.1, 0.15) is 45.2 Å². The number of aliphatic imine (C=N–C) groups is 1. The topological polar surface area (TPSA) is 58.5 Å². The summed E-state index contributed by atoms with van der Waals surface area (Å²) < 4.78 is 5.78. The number of nitrogens with one attached hydrogen (secondary N) is 2. The molecule has 0 aliphatic rings. The normalized spacial score (nSPS) is 13.2. The minimum Gasteiger partial charge on any atom is -0.378 e. The van der Waals surface area contributed by atoms with Crippen LogP contribution in [-0.4, -0.2) is 43.3 Å². The molecule has 0 fully saturated rings. The molecule has 2 N–H and O–H groups in total. The number of nitrogens with zero attached hydrogens (tertiary/aromatic N) is 2. The molecule has 1 unspecified atom stereocenters. The second-order valence-electron chi connectivity index (χ2n) is 6.27. The monoisotopic (exact) mass is 334 g/mol. The van der Waals surface area contributed by atoms with E-state index in [-0.39, 0.29) is 6.10 Å². The van der Waals surface area contributed by atoms with Crippen molar-refractivity contribution in [1.82, 2.24) is 15.6 Å². The van der Waals surface area contributed by atoms with Crippen LogP contribution in [0.4, 0.5) is 0 Å². The largest absolute Gasteiger partial charge is 0.378 e. The summed E-state index contributed by atoms with van der Waals surface area (Å²) in [4.78, 5) is 8.81. The average Bonchev–Trinajstić information content (AvgIpc) is 2.55. The number of ether oxygens (including phenoxy) is 1. The van der Waals surface area contributed by atoms with E-state index in [4.69, 9.17) is 4.74 Å². The fraction of sp³-hybridized carbons (Fsp3) is 0.684. The van der Waals surface area contributed by atoms with Gasteiger partial charge in [0.05, 0.1) is 6.10 Å². The van der Waals surface area contributed by atoms with Gasteiger partial charge in [-0.2, -0.15) is 0 Å². The lowest BCUT2D eigenvalue weighted by Gasteiger charge is -2.20. The van der Waals surface area contributed by atoms with Crippen LogP contribution in [0.5, 0.6) is 0 Å². The van der Waals surface area contributed by atoms with Gasteiger partial charge in [-0.1, -0.05) is 13.8 Å². The minimum atomic E-state index is 0.279. The van der Waals surface area contributed by atoms with Crippen molar-refractivity contribution in [3.05, 3.63) is 29.6 Å². The molecule has 1 aromatic heterocycles. The molecule has 0 aliphatic heterocycles. The molecule has 0 saturated carbocycles.